The van der Waals surface area contributed by atoms with Crippen LogP contribution in [0.1, 0.15) is 5.56 Å². The zero-order chi connectivity index (χ0) is 12.1. The molecular weight excluding hydrogens is 253 g/mol. The number of nitrogens with one attached hydrogen (secondary N) is 1. The molecule has 0 aromatic heterocycles. The minimum absolute atomic E-state index is 0.0482. The average Bonchev–Trinajstić information content (AvgIpc) is 2.21. The third-order valence-corrected chi connectivity index (χ3v) is 2.75. The molecule has 86 valence electrons. The summed E-state index contributed by atoms with van der Waals surface area (Å²) in [6.07, 6.45) is 0.385. The van der Waals surface area contributed by atoms with Crippen LogP contribution in [0.3, 0.4) is 0 Å². The first-order valence-electron chi connectivity index (χ1n) is 4.41. The lowest BCUT2D eigenvalue weighted by Crippen LogP contribution is -2.37. The Morgan fingerprint density at radius 3 is 2.44 bits per heavy atom. The van der Waals surface area contributed by atoms with Crippen molar-refractivity contribution in [2.24, 2.45) is 0 Å². The molecule has 1 rings (SSSR count). The number of amides is 1. The first-order valence-corrected chi connectivity index (χ1v) is 5.17. The third-order valence-electron chi connectivity index (χ3n) is 2.04. The molecule has 1 amide bonds. The molecule has 0 bridgehead atoms. The number of halogens is 2. The summed E-state index contributed by atoms with van der Waals surface area (Å²) >= 11 is 11.8. The minimum Gasteiger partial charge on any atom is -0.480 e. The summed E-state index contributed by atoms with van der Waals surface area (Å²) < 4.78 is 0. The van der Waals surface area contributed by atoms with Crippen molar-refractivity contribution in [3.05, 3.63) is 33.8 Å². The maximum Gasteiger partial charge on any atom is 0.326 e. The van der Waals surface area contributed by atoms with Crippen LogP contribution in [0.15, 0.2) is 18.2 Å². The van der Waals surface area contributed by atoms with Gasteiger partial charge in [-0.25, -0.2) is 4.79 Å². The Morgan fingerprint density at radius 1 is 1.44 bits per heavy atom. The van der Waals surface area contributed by atoms with Crippen LogP contribution >= 0.6 is 23.2 Å². The van der Waals surface area contributed by atoms with E-state index in [1.54, 1.807) is 18.2 Å². The fourth-order valence-electron chi connectivity index (χ4n) is 1.23. The molecule has 0 aliphatic heterocycles. The predicted molar refractivity (Wildman–Crippen MR) is 60.8 cm³/mol. The number of carbonyl (C=O) groups excluding carboxylic acids is 1. The van der Waals surface area contributed by atoms with Gasteiger partial charge in [0.05, 0.1) is 0 Å². The molecule has 1 aromatic carbocycles. The van der Waals surface area contributed by atoms with E-state index < -0.39 is 12.0 Å². The maximum absolute atomic E-state index is 10.8. The van der Waals surface area contributed by atoms with Crippen LogP contribution in [0.4, 0.5) is 0 Å². The summed E-state index contributed by atoms with van der Waals surface area (Å²) in [7, 11) is 0. The van der Waals surface area contributed by atoms with Crippen LogP contribution in [-0.2, 0) is 16.0 Å². The molecular formula is C10H9Cl2NO3. The number of carbonyl (C=O) groups is 2. The largest absolute Gasteiger partial charge is 0.480 e. The fraction of sp³-hybridized carbons (Fsp3) is 0.200. The number of benzene rings is 1. The lowest BCUT2D eigenvalue weighted by atomic mass is 10.1. The molecule has 0 saturated heterocycles. The summed E-state index contributed by atoms with van der Waals surface area (Å²) in [4.78, 5) is 21.0. The van der Waals surface area contributed by atoms with E-state index in [0.717, 1.165) is 0 Å². The van der Waals surface area contributed by atoms with Crippen molar-refractivity contribution in [3.8, 4) is 0 Å². The van der Waals surface area contributed by atoms with Crippen molar-refractivity contribution < 1.29 is 14.7 Å². The zero-order valence-corrected chi connectivity index (χ0v) is 9.63. The summed E-state index contributed by atoms with van der Waals surface area (Å²) in [6, 6.07) is 3.86. The molecule has 0 heterocycles. The molecule has 0 spiro atoms. The van der Waals surface area contributed by atoms with E-state index in [4.69, 9.17) is 28.3 Å². The van der Waals surface area contributed by atoms with Gasteiger partial charge in [0, 0.05) is 16.5 Å². The minimum atomic E-state index is -1.14. The lowest BCUT2D eigenvalue weighted by molar-refractivity contribution is -0.140. The summed E-state index contributed by atoms with van der Waals surface area (Å²) in [5.41, 5.74) is 0.507. The topological polar surface area (TPSA) is 66.4 Å². The van der Waals surface area contributed by atoms with Crippen molar-refractivity contribution >= 4 is 35.6 Å². The van der Waals surface area contributed by atoms with Gasteiger partial charge in [-0.1, -0.05) is 29.3 Å². The second kappa shape index (κ2) is 5.72. The molecule has 16 heavy (non-hydrogen) atoms. The van der Waals surface area contributed by atoms with Crippen LogP contribution < -0.4 is 5.32 Å². The van der Waals surface area contributed by atoms with Gasteiger partial charge in [-0.15, -0.1) is 0 Å². The number of rotatable bonds is 5. The number of hydrogen-bond acceptors (Lipinski definition) is 2. The quantitative estimate of drug-likeness (QED) is 0.794. The lowest BCUT2D eigenvalue weighted by Gasteiger charge is -2.13. The van der Waals surface area contributed by atoms with Gasteiger partial charge in [0.15, 0.2) is 0 Å². The normalized spacial score (nSPS) is 11.9. The fourth-order valence-corrected chi connectivity index (χ4v) is 1.78. The van der Waals surface area contributed by atoms with Crippen molar-refractivity contribution in [1.82, 2.24) is 5.32 Å². The Morgan fingerprint density at radius 2 is 2.00 bits per heavy atom. The van der Waals surface area contributed by atoms with Crippen molar-refractivity contribution in [2.45, 2.75) is 12.5 Å². The average molecular weight is 262 g/mol. The van der Waals surface area contributed by atoms with Crippen LogP contribution in [0.2, 0.25) is 10.0 Å². The molecule has 6 heteroatoms. The van der Waals surface area contributed by atoms with Gasteiger partial charge in [-0.2, -0.15) is 0 Å². The highest BCUT2D eigenvalue weighted by molar-refractivity contribution is 6.36. The van der Waals surface area contributed by atoms with Gasteiger partial charge in [0.1, 0.15) is 6.04 Å². The monoisotopic (exact) mass is 261 g/mol. The molecule has 0 aliphatic rings. The molecule has 1 unspecified atom stereocenters. The van der Waals surface area contributed by atoms with E-state index in [0.29, 0.717) is 22.0 Å². The highest BCUT2D eigenvalue weighted by Crippen LogP contribution is 2.25. The molecule has 0 saturated carbocycles. The molecule has 0 radical (unpaired) electrons. The van der Waals surface area contributed by atoms with Gasteiger partial charge >= 0.3 is 5.97 Å². The van der Waals surface area contributed by atoms with Gasteiger partial charge in [0.2, 0.25) is 6.41 Å². The van der Waals surface area contributed by atoms with E-state index in [1.807, 2.05) is 0 Å². The van der Waals surface area contributed by atoms with Crippen molar-refractivity contribution in [2.75, 3.05) is 0 Å². The maximum atomic E-state index is 10.8. The first-order chi connectivity index (χ1) is 7.56. The second-order valence-corrected chi connectivity index (χ2v) is 3.89. The first kappa shape index (κ1) is 12.8. The van der Waals surface area contributed by atoms with E-state index >= 15 is 0 Å². The molecule has 4 nitrogen and oxygen atoms in total. The number of carboxylic acid groups (broad SMARTS) is 1. The molecule has 0 fully saturated rings. The van der Waals surface area contributed by atoms with Crippen molar-refractivity contribution in [1.29, 1.82) is 0 Å². The van der Waals surface area contributed by atoms with Gasteiger partial charge in [0.25, 0.3) is 0 Å². The van der Waals surface area contributed by atoms with Crippen LogP contribution in [-0.4, -0.2) is 23.5 Å². The highest BCUT2D eigenvalue weighted by Gasteiger charge is 2.19. The SMILES string of the molecule is O=CNC(Cc1c(Cl)cccc1Cl)C(=O)O. The Hall–Kier alpha value is -1.26. The molecule has 0 aliphatic carbocycles. The number of hydrogen-bond donors (Lipinski definition) is 2. The van der Waals surface area contributed by atoms with Gasteiger partial charge in [-0.3, -0.25) is 4.79 Å². The number of carboxylic acids is 1. The molecule has 1 aromatic rings. The molecule has 1 atom stereocenters. The third kappa shape index (κ3) is 3.12. The van der Waals surface area contributed by atoms with Crippen LogP contribution in [0.25, 0.3) is 0 Å². The smallest absolute Gasteiger partial charge is 0.326 e. The van der Waals surface area contributed by atoms with Crippen LogP contribution in [0.5, 0.6) is 0 Å². The summed E-state index contributed by atoms with van der Waals surface area (Å²) in [5, 5.41) is 11.8. The standard InChI is InChI=1S/C10H9Cl2NO3/c11-7-2-1-3-8(12)6(7)4-9(10(15)16)13-5-14/h1-3,5,9H,4H2,(H,13,14)(H,15,16). The molecule has 2 N–H and O–H groups in total. The Balaban J connectivity index is 2.93. The number of aliphatic carboxylic acids is 1. The van der Waals surface area contributed by atoms with E-state index in [1.165, 1.54) is 0 Å². The Kier molecular flexibility index (Phi) is 4.58. The Labute approximate surface area is 102 Å². The van der Waals surface area contributed by atoms with Gasteiger partial charge in [-0.05, 0) is 17.7 Å². The summed E-state index contributed by atoms with van der Waals surface area (Å²) in [6.45, 7) is 0. The van der Waals surface area contributed by atoms with E-state index in [2.05, 4.69) is 5.32 Å². The predicted octanol–water partition coefficient (Wildman–Crippen LogP) is 1.74. The summed E-state index contributed by atoms with van der Waals surface area (Å²) in [5.74, 6) is -1.14. The second-order valence-electron chi connectivity index (χ2n) is 3.08. The Bertz CT molecular complexity index is 389. The van der Waals surface area contributed by atoms with Crippen LogP contribution in [0, 0.1) is 0 Å². The van der Waals surface area contributed by atoms with Gasteiger partial charge < -0.3 is 10.4 Å². The van der Waals surface area contributed by atoms with E-state index in [9.17, 15) is 9.59 Å². The van der Waals surface area contributed by atoms with E-state index in [-0.39, 0.29) is 6.42 Å². The van der Waals surface area contributed by atoms with Crippen molar-refractivity contribution in [3.63, 3.8) is 0 Å². The highest BCUT2D eigenvalue weighted by atomic mass is 35.5. The zero-order valence-electron chi connectivity index (χ0n) is 8.11.